The zero-order valence-corrected chi connectivity index (χ0v) is 9.59. The van der Waals surface area contributed by atoms with Gasteiger partial charge in [-0.05, 0) is 33.6 Å². The number of cyclic esters (lactones) is 1. The molecule has 1 heterocycles. The molecule has 1 fully saturated rings. The van der Waals surface area contributed by atoms with E-state index in [0.29, 0.717) is 6.42 Å². The standard InChI is InChI=1S/C12H20O2/c1-5-6-7-8-12(4)9-10(13)14-11(12,2)3/h5-6H,7-9H2,1-4H3/b6-5-. The monoisotopic (exact) mass is 196 g/mol. The average Bonchev–Trinajstić information content (AvgIpc) is 2.21. The molecule has 0 spiro atoms. The van der Waals surface area contributed by atoms with E-state index in [1.807, 2.05) is 26.8 Å². The Morgan fingerprint density at radius 3 is 2.50 bits per heavy atom. The maximum absolute atomic E-state index is 11.3. The molecule has 0 radical (unpaired) electrons. The van der Waals surface area contributed by atoms with Crippen molar-refractivity contribution in [2.75, 3.05) is 0 Å². The first kappa shape index (κ1) is 11.3. The number of allylic oxidation sites excluding steroid dienone is 2. The second-order valence-corrected chi connectivity index (χ2v) is 4.83. The Kier molecular flexibility index (Phi) is 3.03. The Hall–Kier alpha value is -0.790. The molecule has 0 N–H and O–H groups in total. The first-order valence-corrected chi connectivity index (χ1v) is 5.24. The Labute approximate surface area is 86.3 Å². The zero-order valence-electron chi connectivity index (χ0n) is 9.59. The third-order valence-electron chi connectivity index (χ3n) is 3.46. The summed E-state index contributed by atoms with van der Waals surface area (Å²) in [5, 5.41) is 0. The second kappa shape index (κ2) is 3.76. The van der Waals surface area contributed by atoms with Crippen molar-refractivity contribution >= 4 is 5.97 Å². The van der Waals surface area contributed by atoms with Gasteiger partial charge < -0.3 is 4.74 Å². The van der Waals surface area contributed by atoms with Crippen LogP contribution in [0.2, 0.25) is 0 Å². The summed E-state index contributed by atoms with van der Waals surface area (Å²) in [6.07, 6.45) is 6.78. The number of esters is 1. The SMILES string of the molecule is C/C=C\CCC1(C)CC(=O)OC1(C)C. The van der Waals surface area contributed by atoms with Crippen molar-refractivity contribution in [2.45, 2.75) is 52.6 Å². The Morgan fingerprint density at radius 1 is 1.43 bits per heavy atom. The van der Waals surface area contributed by atoms with Gasteiger partial charge in [-0.2, -0.15) is 0 Å². The van der Waals surface area contributed by atoms with Gasteiger partial charge in [0.15, 0.2) is 0 Å². The van der Waals surface area contributed by atoms with Crippen LogP contribution in [0.25, 0.3) is 0 Å². The van der Waals surface area contributed by atoms with E-state index >= 15 is 0 Å². The van der Waals surface area contributed by atoms with Crippen LogP contribution < -0.4 is 0 Å². The van der Waals surface area contributed by atoms with Crippen molar-refractivity contribution in [3.63, 3.8) is 0 Å². The number of carbonyl (C=O) groups excluding carboxylic acids is 1. The summed E-state index contributed by atoms with van der Waals surface area (Å²) in [6, 6.07) is 0. The summed E-state index contributed by atoms with van der Waals surface area (Å²) in [5.41, 5.74) is -0.324. The molecule has 1 atom stereocenters. The summed E-state index contributed by atoms with van der Waals surface area (Å²) in [5.74, 6) is -0.0574. The Morgan fingerprint density at radius 2 is 2.07 bits per heavy atom. The van der Waals surface area contributed by atoms with Crippen LogP contribution in [0.15, 0.2) is 12.2 Å². The number of ether oxygens (including phenoxy) is 1. The van der Waals surface area contributed by atoms with E-state index in [9.17, 15) is 4.79 Å². The summed E-state index contributed by atoms with van der Waals surface area (Å²) in [7, 11) is 0. The normalized spacial score (nSPS) is 31.0. The van der Waals surface area contributed by atoms with E-state index < -0.39 is 0 Å². The minimum Gasteiger partial charge on any atom is -0.459 e. The number of carbonyl (C=O) groups is 1. The van der Waals surface area contributed by atoms with Crippen molar-refractivity contribution in [2.24, 2.45) is 5.41 Å². The maximum Gasteiger partial charge on any atom is 0.307 e. The predicted octanol–water partition coefficient (Wildman–Crippen LogP) is 3.07. The molecule has 1 aliphatic heterocycles. The molecule has 2 heteroatoms. The fourth-order valence-corrected chi connectivity index (χ4v) is 1.93. The lowest BCUT2D eigenvalue weighted by atomic mass is 9.72. The number of rotatable bonds is 3. The fourth-order valence-electron chi connectivity index (χ4n) is 1.93. The van der Waals surface area contributed by atoms with E-state index in [1.165, 1.54) is 0 Å². The molecule has 1 aliphatic rings. The molecule has 1 rings (SSSR count). The van der Waals surface area contributed by atoms with Gasteiger partial charge in [0.25, 0.3) is 0 Å². The lowest BCUT2D eigenvalue weighted by molar-refractivity contribution is -0.147. The average molecular weight is 196 g/mol. The maximum atomic E-state index is 11.3. The van der Waals surface area contributed by atoms with Crippen molar-refractivity contribution < 1.29 is 9.53 Å². The van der Waals surface area contributed by atoms with Crippen LogP contribution in [0.5, 0.6) is 0 Å². The topological polar surface area (TPSA) is 26.3 Å². The molecule has 0 aromatic heterocycles. The summed E-state index contributed by atoms with van der Waals surface area (Å²) < 4.78 is 5.33. The quantitative estimate of drug-likeness (QED) is 0.512. The molecular weight excluding hydrogens is 176 g/mol. The molecule has 2 nitrogen and oxygen atoms in total. The highest BCUT2D eigenvalue weighted by atomic mass is 16.6. The first-order chi connectivity index (χ1) is 6.41. The first-order valence-electron chi connectivity index (χ1n) is 5.24. The van der Waals surface area contributed by atoms with Gasteiger partial charge in [0.05, 0.1) is 6.42 Å². The third-order valence-corrected chi connectivity index (χ3v) is 3.46. The second-order valence-electron chi connectivity index (χ2n) is 4.83. The van der Waals surface area contributed by atoms with Crippen LogP contribution in [0, 0.1) is 5.41 Å². The van der Waals surface area contributed by atoms with Crippen LogP contribution in [0.3, 0.4) is 0 Å². The lowest BCUT2D eigenvalue weighted by Crippen LogP contribution is -2.37. The van der Waals surface area contributed by atoms with Gasteiger partial charge in [0.2, 0.25) is 0 Å². The van der Waals surface area contributed by atoms with Gasteiger partial charge in [-0.15, -0.1) is 0 Å². The number of hydrogen-bond donors (Lipinski definition) is 0. The van der Waals surface area contributed by atoms with Gasteiger partial charge >= 0.3 is 5.97 Å². The highest BCUT2D eigenvalue weighted by Crippen LogP contribution is 2.47. The fraction of sp³-hybridized carbons (Fsp3) is 0.750. The van der Waals surface area contributed by atoms with Crippen LogP contribution in [0.4, 0.5) is 0 Å². The highest BCUT2D eigenvalue weighted by Gasteiger charge is 2.50. The van der Waals surface area contributed by atoms with Gasteiger partial charge in [-0.3, -0.25) is 4.79 Å². The van der Waals surface area contributed by atoms with E-state index in [2.05, 4.69) is 13.0 Å². The Bertz CT molecular complexity index is 253. The summed E-state index contributed by atoms with van der Waals surface area (Å²) >= 11 is 0. The molecule has 0 aliphatic carbocycles. The van der Waals surface area contributed by atoms with Gasteiger partial charge in [0, 0.05) is 5.41 Å². The zero-order chi connectivity index (χ0) is 10.8. The molecular formula is C12H20O2. The van der Waals surface area contributed by atoms with Crippen LogP contribution in [0.1, 0.15) is 47.0 Å². The molecule has 0 aromatic carbocycles. The van der Waals surface area contributed by atoms with Crippen molar-refractivity contribution in [1.29, 1.82) is 0 Å². The van der Waals surface area contributed by atoms with Crippen LogP contribution in [-0.2, 0) is 9.53 Å². The molecule has 0 amide bonds. The van der Waals surface area contributed by atoms with E-state index in [-0.39, 0.29) is 17.0 Å². The lowest BCUT2D eigenvalue weighted by Gasteiger charge is -2.35. The highest BCUT2D eigenvalue weighted by molar-refractivity contribution is 5.73. The van der Waals surface area contributed by atoms with Crippen molar-refractivity contribution in [3.05, 3.63) is 12.2 Å². The predicted molar refractivity (Wildman–Crippen MR) is 56.9 cm³/mol. The third kappa shape index (κ3) is 1.99. The van der Waals surface area contributed by atoms with E-state index in [4.69, 9.17) is 4.74 Å². The molecule has 0 saturated carbocycles. The van der Waals surface area contributed by atoms with E-state index in [0.717, 1.165) is 12.8 Å². The largest absolute Gasteiger partial charge is 0.459 e. The number of hydrogen-bond acceptors (Lipinski definition) is 2. The minimum atomic E-state index is -0.314. The van der Waals surface area contributed by atoms with Crippen molar-refractivity contribution in [3.8, 4) is 0 Å². The van der Waals surface area contributed by atoms with Crippen molar-refractivity contribution in [1.82, 2.24) is 0 Å². The molecule has 14 heavy (non-hydrogen) atoms. The molecule has 1 unspecified atom stereocenters. The summed E-state index contributed by atoms with van der Waals surface area (Å²) in [4.78, 5) is 11.3. The molecule has 80 valence electrons. The Balaban J connectivity index is 2.67. The van der Waals surface area contributed by atoms with Gasteiger partial charge in [-0.25, -0.2) is 0 Å². The van der Waals surface area contributed by atoms with E-state index in [1.54, 1.807) is 0 Å². The minimum absolute atomic E-state index is 0.0103. The smallest absolute Gasteiger partial charge is 0.307 e. The molecule has 0 aromatic rings. The summed E-state index contributed by atoms with van der Waals surface area (Å²) in [6.45, 7) is 8.17. The van der Waals surface area contributed by atoms with Crippen LogP contribution in [-0.4, -0.2) is 11.6 Å². The van der Waals surface area contributed by atoms with Gasteiger partial charge in [0.1, 0.15) is 5.60 Å². The van der Waals surface area contributed by atoms with Crippen LogP contribution >= 0.6 is 0 Å². The molecule has 1 saturated heterocycles. The molecule has 0 bridgehead atoms. The van der Waals surface area contributed by atoms with Gasteiger partial charge in [-0.1, -0.05) is 19.1 Å².